The minimum Gasteiger partial charge on any atom is -0.311 e. The predicted molar refractivity (Wildman–Crippen MR) is 87.3 cm³/mol. The first-order valence-electron chi connectivity index (χ1n) is 7.77. The molecule has 0 radical (unpaired) electrons. The molecule has 0 aliphatic carbocycles. The lowest BCUT2D eigenvalue weighted by atomic mass is 10.0. The average molecular weight is 295 g/mol. The molecule has 20 heavy (non-hydrogen) atoms. The van der Waals surface area contributed by atoms with E-state index in [0.29, 0.717) is 12.0 Å². The van der Waals surface area contributed by atoms with E-state index in [4.69, 9.17) is 11.6 Å². The molecule has 2 rings (SSSR count). The van der Waals surface area contributed by atoms with Gasteiger partial charge in [-0.15, -0.1) is 0 Å². The van der Waals surface area contributed by atoms with Gasteiger partial charge in [0.2, 0.25) is 0 Å². The Morgan fingerprint density at radius 2 is 1.95 bits per heavy atom. The van der Waals surface area contributed by atoms with Crippen molar-refractivity contribution >= 4 is 11.6 Å². The van der Waals surface area contributed by atoms with Gasteiger partial charge in [-0.2, -0.15) is 0 Å². The molecule has 112 valence electrons. The molecule has 1 aromatic rings. The maximum Gasteiger partial charge on any atom is 0.0438 e. The van der Waals surface area contributed by atoms with Crippen molar-refractivity contribution in [3.63, 3.8) is 0 Å². The van der Waals surface area contributed by atoms with Crippen molar-refractivity contribution in [1.82, 2.24) is 10.2 Å². The number of halogens is 1. The summed E-state index contributed by atoms with van der Waals surface area (Å²) in [5.41, 5.74) is 2.41. The standard InChI is InChI=1S/C17H27ClN2/c1-13(2)17(20-8-4-5-9-20)12-19-11-15-7-6-14(3)16(18)10-15/h6-7,10,13,17,19H,4-5,8-9,11-12H2,1-3H3. The van der Waals surface area contributed by atoms with Gasteiger partial charge in [-0.1, -0.05) is 37.6 Å². The lowest BCUT2D eigenvalue weighted by Gasteiger charge is -2.31. The van der Waals surface area contributed by atoms with Gasteiger partial charge in [-0.05, 0) is 56.0 Å². The molecular weight excluding hydrogens is 268 g/mol. The third-order valence-electron chi connectivity index (χ3n) is 4.30. The highest BCUT2D eigenvalue weighted by Gasteiger charge is 2.23. The minimum atomic E-state index is 0.651. The molecule has 0 saturated carbocycles. The Morgan fingerprint density at radius 3 is 2.55 bits per heavy atom. The van der Waals surface area contributed by atoms with Crippen molar-refractivity contribution in [3.8, 4) is 0 Å². The van der Waals surface area contributed by atoms with Gasteiger partial charge in [0.25, 0.3) is 0 Å². The van der Waals surface area contributed by atoms with Crippen LogP contribution in [-0.2, 0) is 6.54 Å². The smallest absolute Gasteiger partial charge is 0.0438 e. The molecule has 1 unspecified atom stereocenters. The van der Waals surface area contributed by atoms with Gasteiger partial charge in [0.1, 0.15) is 0 Å². The summed E-state index contributed by atoms with van der Waals surface area (Å²) in [7, 11) is 0. The van der Waals surface area contributed by atoms with E-state index >= 15 is 0 Å². The van der Waals surface area contributed by atoms with Gasteiger partial charge in [-0.25, -0.2) is 0 Å². The predicted octanol–water partition coefficient (Wildman–Crippen LogP) is 3.86. The van der Waals surface area contributed by atoms with E-state index in [2.05, 4.69) is 42.3 Å². The monoisotopic (exact) mass is 294 g/mol. The number of nitrogens with one attached hydrogen (secondary N) is 1. The summed E-state index contributed by atoms with van der Waals surface area (Å²) in [6.45, 7) is 11.2. The number of hydrogen-bond acceptors (Lipinski definition) is 2. The highest BCUT2D eigenvalue weighted by atomic mass is 35.5. The lowest BCUT2D eigenvalue weighted by Crippen LogP contribution is -2.44. The first-order chi connectivity index (χ1) is 9.58. The van der Waals surface area contributed by atoms with Crippen LogP contribution in [0.15, 0.2) is 18.2 Å². The maximum absolute atomic E-state index is 6.17. The zero-order valence-electron chi connectivity index (χ0n) is 13.0. The summed E-state index contributed by atoms with van der Waals surface area (Å²) < 4.78 is 0. The van der Waals surface area contributed by atoms with Crippen LogP contribution in [0.25, 0.3) is 0 Å². The van der Waals surface area contributed by atoms with Crippen molar-refractivity contribution in [2.45, 2.75) is 46.2 Å². The van der Waals surface area contributed by atoms with Gasteiger partial charge < -0.3 is 5.32 Å². The minimum absolute atomic E-state index is 0.651. The summed E-state index contributed by atoms with van der Waals surface area (Å²) in [5, 5.41) is 4.47. The molecule has 0 bridgehead atoms. The molecular formula is C17H27ClN2. The third-order valence-corrected chi connectivity index (χ3v) is 4.71. The second kappa shape index (κ2) is 7.44. The van der Waals surface area contributed by atoms with E-state index < -0.39 is 0 Å². The van der Waals surface area contributed by atoms with Crippen LogP contribution in [0.4, 0.5) is 0 Å². The highest BCUT2D eigenvalue weighted by molar-refractivity contribution is 6.31. The van der Waals surface area contributed by atoms with Gasteiger partial charge in [-0.3, -0.25) is 4.90 Å². The van der Waals surface area contributed by atoms with Gasteiger partial charge in [0.15, 0.2) is 0 Å². The van der Waals surface area contributed by atoms with E-state index in [1.165, 1.54) is 31.5 Å². The molecule has 1 fully saturated rings. The fourth-order valence-electron chi connectivity index (χ4n) is 2.97. The normalized spacial score (nSPS) is 17.9. The largest absolute Gasteiger partial charge is 0.311 e. The van der Waals surface area contributed by atoms with Gasteiger partial charge in [0.05, 0.1) is 0 Å². The highest BCUT2D eigenvalue weighted by Crippen LogP contribution is 2.18. The Hall–Kier alpha value is -0.570. The molecule has 0 aromatic heterocycles. The first-order valence-corrected chi connectivity index (χ1v) is 8.15. The zero-order valence-corrected chi connectivity index (χ0v) is 13.7. The second-order valence-corrected chi connectivity index (χ2v) is 6.68. The Kier molecular flexibility index (Phi) is 5.88. The van der Waals surface area contributed by atoms with Crippen LogP contribution in [0.2, 0.25) is 5.02 Å². The van der Waals surface area contributed by atoms with Crippen LogP contribution >= 0.6 is 11.6 Å². The SMILES string of the molecule is Cc1ccc(CNCC(C(C)C)N2CCCC2)cc1Cl. The van der Waals surface area contributed by atoms with Crippen molar-refractivity contribution in [3.05, 3.63) is 34.3 Å². The quantitative estimate of drug-likeness (QED) is 0.857. The summed E-state index contributed by atoms with van der Waals surface area (Å²) in [5.74, 6) is 0.696. The van der Waals surface area contributed by atoms with Gasteiger partial charge >= 0.3 is 0 Å². The van der Waals surface area contributed by atoms with Crippen LogP contribution in [0, 0.1) is 12.8 Å². The Balaban J connectivity index is 1.84. The Morgan fingerprint density at radius 1 is 1.25 bits per heavy atom. The van der Waals surface area contributed by atoms with Crippen LogP contribution in [0.5, 0.6) is 0 Å². The fourth-order valence-corrected chi connectivity index (χ4v) is 3.17. The molecule has 1 saturated heterocycles. The Bertz CT molecular complexity index is 425. The maximum atomic E-state index is 6.17. The summed E-state index contributed by atoms with van der Waals surface area (Å²) in [4.78, 5) is 2.64. The van der Waals surface area contributed by atoms with E-state index in [9.17, 15) is 0 Å². The molecule has 1 aromatic carbocycles. The van der Waals surface area contributed by atoms with Crippen molar-refractivity contribution in [2.24, 2.45) is 5.92 Å². The number of benzene rings is 1. The molecule has 0 amide bonds. The number of rotatable bonds is 6. The second-order valence-electron chi connectivity index (χ2n) is 6.27. The van der Waals surface area contributed by atoms with Crippen molar-refractivity contribution in [1.29, 1.82) is 0 Å². The number of nitrogens with zero attached hydrogens (tertiary/aromatic N) is 1. The first kappa shape index (κ1) is 15.8. The molecule has 1 atom stereocenters. The molecule has 0 spiro atoms. The van der Waals surface area contributed by atoms with Crippen molar-refractivity contribution < 1.29 is 0 Å². The lowest BCUT2D eigenvalue weighted by molar-refractivity contribution is 0.186. The number of aryl methyl sites for hydroxylation is 1. The molecule has 1 aliphatic rings. The molecule has 1 heterocycles. The number of likely N-dealkylation sites (tertiary alicyclic amines) is 1. The third kappa shape index (κ3) is 4.21. The Labute approximate surface area is 128 Å². The van der Waals surface area contributed by atoms with Crippen LogP contribution < -0.4 is 5.32 Å². The van der Waals surface area contributed by atoms with E-state index in [1.807, 2.05) is 6.92 Å². The molecule has 1 aliphatic heterocycles. The average Bonchev–Trinajstić information content (AvgIpc) is 2.92. The van der Waals surface area contributed by atoms with E-state index in [1.54, 1.807) is 0 Å². The van der Waals surface area contributed by atoms with Crippen LogP contribution in [0.1, 0.15) is 37.8 Å². The fraction of sp³-hybridized carbons (Fsp3) is 0.647. The summed E-state index contributed by atoms with van der Waals surface area (Å²) >= 11 is 6.17. The topological polar surface area (TPSA) is 15.3 Å². The molecule has 2 nitrogen and oxygen atoms in total. The van der Waals surface area contributed by atoms with Gasteiger partial charge in [0, 0.05) is 24.2 Å². The van der Waals surface area contributed by atoms with Crippen LogP contribution in [-0.4, -0.2) is 30.6 Å². The zero-order chi connectivity index (χ0) is 14.5. The molecule has 3 heteroatoms. The summed E-state index contributed by atoms with van der Waals surface area (Å²) in [6.07, 6.45) is 2.72. The van der Waals surface area contributed by atoms with Crippen molar-refractivity contribution in [2.75, 3.05) is 19.6 Å². The molecule has 1 N–H and O–H groups in total. The van der Waals surface area contributed by atoms with E-state index in [0.717, 1.165) is 23.7 Å². The van der Waals surface area contributed by atoms with Crippen LogP contribution in [0.3, 0.4) is 0 Å². The summed E-state index contributed by atoms with van der Waals surface area (Å²) in [6, 6.07) is 6.98. The van der Waals surface area contributed by atoms with E-state index in [-0.39, 0.29) is 0 Å². The number of hydrogen-bond donors (Lipinski definition) is 1.